The first-order chi connectivity index (χ1) is 8.83. The largest absolute Gasteiger partial charge is 0.307 e. The summed E-state index contributed by atoms with van der Waals surface area (Å²) in [5, 5.41) is 3.32. The van der Waals surface area contributed by atoms with Crippen molar-refractivity contribution in [3.05, 3.63) is 35.4 Å². The first-order valence-electron chi connectivity index (χ1n) is 7.16. The number of rotatable bonds is 5. The highest BCUT2D eigenvalue weighted by Crippen LogP contribution is 2.33. The standard InChI is InChI=1S/C16H21NO/c18-15(11-17-14-8-9-14)10-13-6-3-5-12-4-1-2-7-16(12)13/h1-2,4,7,13-14,17H,3,5-6,8-11H2. The van der Waals surface area contributed by atoms with E-state index in [1.54, 1.807) is 0 Å². The molecule has 1 unspecified atom stereocenters. The van der Waals surface area contributed by atoms with Crippen molar-refractivity contribution in [2.24, 2.45) is 0 Å². The summed E-state index contributed by atoms with van der Waals surface area (Å²) >= 11 is 0. The Kier molecular flexibility index (Phi) is 3.46. The number of fused-ring (bicyclic) bond motifs is 1. The Hall–Kier alpha value is -1.15. The van der Waals surface area contributed by atoms with Crippen LogP contribution in [0.25, 0.3) is 0 Å². The van der Waals surface area contributed by atoms with Crippen molar-refractivity contribution in [2.45, 2.75) is 50.5 Å². The molecule has 2 aliphatic rings. The van der Waals surface area contributed by atoms with Crippen molar-refractivity contribution in [2.75, 3.05) is 6.54 Å². The van der Waals surface area contributed by atoms with Crippen molar-refractivity contribution in [3.8, 4) is 0 Å². The van der Waals surface area contributed by atoms with E-state index in [2.05, 4.69) is 29.6 Å². The van der Waals surface area contributed by atoms with Gasteiger partial charge in [-0.25, -0.2) is 0 Å². The van der Waals surface area contributed by atoms with Crippen molar-refractivity contribution >= 4 is 5.78 Å². The lowest BCUT2D eigenvalue weighted by Gasteiger charge is -2.25. The maximum atomic E-state index is 12.0. The van der Waals surface area contributed by atoms with Crippen molar-refractivity contribution in [1.82, 2.24) is 5.32 Å². The smallest absolute Gasteiger partial charge is 0.147 e. The molecule has 0 amide bonds. The Bertz CT molecular complexity index is 436. The average molecular weight is 243 g/mol. The van der Waals surface area contributed by atoms with E-state index in [9.17, 15) is 4.79 Å². The Labute approximate surface area is 109 Å². The fourth-order valence-electron chi connectivity index (χ4n) is 2.96. The minimum atomic E-state index is 0.378. The molecule has 1 saturated carbocycles. The minimum absolute atomic E-state index is 0.378. The molecule has 0 aliphatic heterocycles. The third-order valence-corrected chi connectivity index (χ3v) is 4.13. The Balaban J connectivity index is 1.60. The third kappa shape index (κ3) is 2.81. The topological polar surface area (TPSA) is 29.1 Å². The average Bonchev–Trinajstić information content (AvgIpc) is 3.21. The molecule has 1 fully saturated rings. The lowest BCUT2D eigenvalue weighted by molar-refractivity contribution is -0.118. The summed E-state index contributed by atoms with van der Waals surface area (Å²) < 4.78 is 0. The molecular formula is C16H21NO. The molecule has 1 aromatic rings. The first kappa shape index (κ1) is 11.9. The third-order valence-electron chi connectivity index (χ3n) is 4.13. The number of nitrogens with one attached hydrogen (secondary N) is 1. The second-order valence-corrected chi connectivity index (χ2v) is 5.69. The van der Waals surface area contributed by atoms with E-state index in [0.29, 0.717) is 24.3 Å². The van der Waals surface area contributed by atoms with Crippen LogP contribution in [0.2, 0.25) is 0 Å². The van der Waals surface area contributed by atoms with Gasteiger partial charge in [-0.2, -0.15) is 0 Å². The number of carbonyl (C=O) groups excluding carboxylic acids is 1. The summed E-state index contributed by atoms with van der Waals surface area (Å²) in [6.07, 6.45) is 6.80. The minimum Gasteiger partial charge on any atom is -0.307 e. The number of aryl methyl sites for hydroxylation is 1. The Morgan fingerprint density at radius 2 is 2.06 bits per heavy atom. The van der Waals surface area contributed by atoms with Gasteiger partial charge < -0.3 is 5.32 Å². The van der Waals surface area contributed by atoms with Gasteiger partial charge in [0.05, 0.1) is 6.54 Å². The van der Waals surface area contributed by atoms with Crippen LogP contribution in [0.15, 0.2) is 24.3 Å². The molecule has 0 spiro atoms. The number of benzene rings is 1. The molecule has 1 aromatic carbocycles. The van der Waals surface area contributed by atoms with Crippen LogP contribution in [0.3, 0.4) is 0 Å². The van der Waals surface area contributed by atoms with Crippen molar-refractivity contribution < 1.29 is 4.79 Å². The summed E-state index contributed by atoms with van der Waals surface area (Å²) in [6.45, 7) is 0.573. The number of hydrogen-bond acceptors (Lipinski definition) is 2. The normalized spacial score (nSPS) is 22.6. The van der Waals surface area contributed by atoms with Crippen LogP contribution in [-0.2, 0) is 11.2 Å². The predicted octanol–water partition coefficient (Wildman–Crippen LogP) is 2.82. The highest BCUT2D eigenvalue weighted by molar-refractivity contribution is 5.81. The van der Waals surface area contributed by atoms with Crippen LogP contribution in [-0.4, -0.2) is 18.4 Å². The summed E-state index contributed by atoms with van der Waals surface area (Å²) in [7, 11) is 0. The van der Waals surface area contributed by atoms with Gasteiger partial charge in [-0.05, 0) is 49.1 Å². The molecule has 96 valence electrons. The monoisotopic (exact) mass is 243 g/mol. The summed E-state index contributed by atoms with van der Waals surface area (Å²) in [5.41, 5.74) is 2.88. The van der Waals surface area contributed by atoms with Crippen LogP contribution in [0.4, 0.5) is 0 Å². The number of hydrogen-bond donors (Lipinski definition) is 1. The van der Waals surface area contributed by atoms with Crippen LogP contribution in [0.1, 0.15) is 49.1 Å². The van der Waals surface area contributed by atoms with E-state index < -0.39 is 0 Å². The highest BCUT2D eigenvalue weighted by Gasteiger charge is 2.24. The summed E-state index contributed by atoms with van der Waals surface area (Å²) in [6, 6.07) is 9.27. The van der Waals surface area contributed by atoms with Crippen LogP contribution in [0, 0.1) is 0 Å². The zero-order valence-corrected chi connectivity index (χ0v) is 10.8. The SMILES string of the molecule is O=C(CNC1CC1)CC1CCCc2ccccc21. The second kappa shape index (κ2) is 5.23. The molecule has 2 aliphatic carbocycles. The number of ketones is 1. The predicted molar refractivity (Wildman–Crippen MR) is 72.8 cm³/mol. The van der Waals surface area contributed by atoms with Gasteiger partial charge in [-0.15, -0.1) is 0 Å². The lowest BCUT2D eigenvalue weighted by atomic mass is 9.80. The fraction of sp³-hybridized carbons (Fsp3) is 0.562. The maximum Gasteiger partial charge on any atom is 0.147 e. The molecule has 2 heteroatoms. The zero-order chi connectivity index (χ0) is 12.4. The molecule has 0 saturated heterocycles. The molecule has 0 bridgehead atoms. The molecular weight excluding hydrogens is 222 g/mol. The summed E-state index contributed by atoms with van der Waals surface area (Å²) in [4.78, 5) is 12.0. The van der Waals surface area contributed by atoms with E-state index >= 15 is 0 Å². The lowest BCUT2D eigenvalue weighted by Crippen LogP contribution is -2.26. The van der Waals surface area contributed by atoms with E-state index in [1.165, 1.54) is 43.2 Å². The highest BCUT2D eigenvalue weighted by atomic mass is 16.1. The van der Waals surface area contributed by atoms with Crippen LogP contribution >= 0.6 is 0 Å². The van der Waals surface area contributed by atoms with Gasteiger partial charge in [0.2, 0.25) is 0 Å². The van der Waals surface area contributed by atoms with Crippen molar-refractivity contribution in [1.29, 1.82) is 0 Å². The fourth-order valence-corrected chi connectivity index (χ4v) is 2.96. The summed E-state index contributed by atoms with van der Waals surface area (Å²) in [5.74, 6) is 0.840. The molecule has 3 rings (SSSR count). The molecule has 0 heterocycles. The molecule has 1 N–H and O–H groups in total. The van der Waals surface area contributed by atoms with Gasteiger partial charge in [0.15, 0.2) is 0 Å². The van der Waals surface area contributed by atoms with Crippen LogP contribution < -0.4 is 5.32 Å². The van der Waals surface area contributed by atoms with E-state index in [1.807, 2.05) is 0 Å². The first-order valence-corrected chi connectivity index (χ1v) is 7.16. The van der Waals surface area contributed by atoms with Gasteiger partial charge in [-0.1, -0.05) is 24.3 Å². The van der Waals surface area contributed by atoms with Gasteiger partial charge in [0.25, 0.3) is 0 Å². The number of carbonyl (C=O) groups is 1. The molecule has 1 atom stereocenters. The van der Waals surface area contributed by atoms with E-state index in [-0.39, 0.29) is 0 Å². The van der Waals surface area contributed by atoms with Crippen molar-refractivity contribution in [3.63, 3.8) is 0 Å². The Morgan fingerprint density at radius 3 is 2.89 bits per heavy atom. The van der Waals surface area contributed by atoms with Crippen LogP contribution in [0.5, 0.6) is 0 Å². The quantitative estimate of drug-likeness (QED) is 0.861. The number of Topliss-reactive ketones (excluding diaryl/α,β-unsaturated/α-hetero) is 1. The van der Waals surface area contributed by atoms with Gasteiger partial charge >= 0.3 is 0 Å². The van der Waals surface area contributed by atoms with Gasteiger partial charge in [0.1, 0.15) is 5.78 Å². The van der Waals surface area contributed by atoms with Gasteiger partial charge in [0, 0.05) is 12.5 Å². The zero-order valence-electron chi connectivity index (χ0n) is 10.8. The maximum absolute atomic E-state index is 12.0. The van der Waals surface area contributed by atoms with E-state index in [0.717, 1.165) is 6.42 Å². The Morgan fingerprint density at radius 1 is 1.22 bits per heavy atom. The molecule has 18 heavy (non-hydrogen) atoms. The molecule has 0 radical (unpaired) electrons. The molecule has 2 nitrogen and oxygen atoms in total. The van der Waals surface area contributed by atoms with Gasteiger partial charge in [-0.3, -0.25) is 4.79 Å². The van der Waals surface area contributed by atoms with E-state index in [4.69, 9.17) is 0 Å². The molecule has 0 aromatic heterocycles. The second-order valence-electron chi connectivity index (χ2n) is 5.69.